The van der Waals surface area contributed by atoms with Crippen molar-refractivity contribution in [2.75, 3.05) is 6.61 Å². The first-order valence-corrected chi connectivity index (χ1v) is 10.6. The van der Waals surface area contributed by atoms with Gasteiger partial charge in [-0.3, -0.25) is 4.79 Å². The van der Waals surface area contributed by atoms with Gasteiger partial charge in [0.25, 0.3) is 0 Å². The standard InChI is InChI=1S/C20H28O6S/c1-14-8-9-15(2)16(12-14)27(23,24)20(10-6-7-11-20)18(22)25-13-17(21)26-19(3,4)5/h8-9,12H,6-7,10-11,13H2,1-5H3. The van der Waals surface area contributed by atoms with E-state index < -0.39 is 38.7 Å². The molecule has 0 spiro atoms. The van der Waals surface area contributed by atoms with Gasteiger partial charge in [-0.1, -0.05) is 25.0 Å². The van der Waals surface area contributed by atoms with Crippen LogP contribution in [0.3, 0.4) is 0 Å². The lowest BCUT2D eigenvalue weighted by molar-refractivity contribution is -0.167. The number of carbonyl (C=O) groups is 2. The molecule has 0 saturated heterocycles. The third kappa shape index (κ3) is 4.51. The maximum atomic E-state index is 13.4. The Labute approximate surface area is 161 Å². The first-order valence-electron chi connectivity index (χ1n) is 9.10. The van der Waals surface area contributed by atoms with Crippen LogP contribution in [0, 0.1) is 13.8 Å². The Hall–Kier alpha value is -1.89. The quantitative estimate of drug-likeness (QED) is 0.710. The van der Waals surface area contributed by atoms with Gasteiger partial charge < -0.3 is 9.47 Å². The number of hydrogen-bond donors (Lipinski definition) is 0. The zero-order valence-electron chi connectivity index (χ0n) is 16.6. The van der Waals surface area contributed by atoms with Gasteiger partial charge in [-0.25, -0.2) is 13.2 Å². The van der Waals surface area contributed by atoms with Gasteiger partial charge in [0, 0.05) is 0 Å². The molecule has 27 heavy (non-hydrogen) atoms. The molecular formula is C20H28O6S. The number of sulfone groups is 1. The van der Waals surface area contributed by atoms with E-state index in [0.717, 1.165) is 5.56 Å². The molecule has 0 unspecified atom stereocenters. The van der Waals surface area contributed by atoms with Crippen molar-refractivity contribution < 1.29 is 27.5 Å². The zero-order chi connectivity index (χ0) is 20.5. The number of benzene rings is 1. The van der Waals surface area contributed by atoms with Crippen molar-refractivity contribution in [3.63, 3.8) is 0 Å². The minimum atomic E-state index is -3.96. The Morgan fingerprint density at radius 2 is 1.70 bits per heavy atom. The maximum Gasteiger partial charge on any atom is 0.344 e. The summed E-state index contributed by atoms with van der Waals surface area (Å²) in [5, 5.41) is 0. The highest BCUT2D eigenvalue weighted by molar-refractivity contribution is 7.93. The van der Waals surface area contributed by atoms with Gasteiger partial charge in [0.05, 0.1) is 4.90 Å². The summed E-state index contributed by atoms with van der Waals surface area (Å²) >= 11 is 0. The summed E-state index contributed by atoms with van der Waals surface area (Å²) in [6.45, 7) is 8.03. The fourth-order valence-electron chi connectivity index (χ4n) is 3.36. The molecule has 150 valence electrons. The van der Waals surface area contributed by atoms with E-state index in [-0.39, 0.29) is 17.7 Å². The molecule has 0 amide bonds. The van der Waals surface area contributed by atoms with Crippen LogP contribution in [0.25, 0.3) is 0 Å². The number of esters is 2. The summed E-state index contributed by atoms with van der Waals surface area (Å²) in [4.78, 5) is 24.8. The molecule has 0 aromatic heterocycles. The highest BCUT2D eigenvalue weighted by Crippen LogP contribution is 2.42. The molecule has 0 bridgehead atoms. The van der Waals surface area contributed by atoms with Gasteiger partial charge in [0.1, 0.15) is 5.60 Å². The summed E-state index contributed by atoms with van der Waals surface area (Å²) in [6, 6.07) is 5.15. The van der Waals surface area contributed by atoms with E-state index in [9.17, 15) is 18.0 Å². The molecule has 0 heterocycles. The van der Waals surface area contributed by atoms with Gasteiger partial charge in [0.2, 0.25) is 0 Å². The van der Waals surface area contributed by atoms with Gasteiger partial charge in [-0.05, 0) is 64.7 Å². The van der Waals surface area contributed by atoms with Gasteiger partial charge in [-0.15, -0.1) is 0 Å². The van der Waals surface area contributed by atoms with Crippen molar-refractivity contribution in [3.8, 4) is 0 Å². The number of ether oxygens (including phenoxy) is 2. The largest absolute Gasteiger partial charge is 0.457 e. The van der Waals surface area contributed by atoms with Crippen molar-refractivity contribution in [1.29, 1.82) is 0 Å². The molecule has 1 aromatic rings. The highest BCUT2D eigenvalue weighted by atomic mass is 32.2. The smallest absolute Gasteiger partial charge is 0.344 e. The Bertz CT molecular complexity index is 827. The molecule has 0 N–H and O–H groups in total. The number of rotatable bonds is 5. The monoisotopic (exact) mass is 396 g/mol. The summed E-state index contributed by atoms with van der Waals surface area (Å²) < 4.78 is 35.5. The molecule has 1 saturated carbocycles. The van der Waals surface area contributed by atoms with E-state index in [4.69, 9.17) is 9.47 Å². The molecule has 6 nitrogen and oxygen atoms in total. The highest BCUT2D eigenvalue weighted by Gasteiger charge is 2.54. The fourth-order valence-corrected chi connectivity index (χ4v) is 5.72. The van der Waals surface area contributed by atoms with Crippen molar-refractivity contribution in [2.45, 2.75) is 75.5 Å². The van der Waals surface area contributed by atoms with Crippen LogP contribution in [0.1, 0.15) is 57.6 Å². The lowest BCUT2D eigenvalue weighted by Gasteiger charge is -2.27. The van der Waals surface area contributed by atoms with Crippen LogP contribution in [0.2, 0.25) is 0 Å². The number of hydrogen-bond acceptors (Lipinski definition) is 6. The first-order chi connectivity index (χ1) is 12.4. The number of aryl methyl sites for hydroxylation is 2. The van der Waals surface area contributed by atoms with Gasteiger partial charge >= 0.3 is 11.9 Å². The lowest BCUT2D eigenvalue weighted by atomic mass is 10.1. The molecule has 2 rings (SSSR count). The average molecular weight is 397 g/mol. The molecule has 0 aliphatic heterocycles. The number of carbonyl (C=O) groups excluding carboxylic acids is 2. The van der Waals surface area contributed by atoms with Crippen LogP contribution >= 0.6 is 0 Å². The third-order valence-electron chi connectivity index (χ3n) is 4.67. The second-order valence-corrected chi connectivity index (χ2v) is 10.4. The van der Waals surface area contributed by atoms with E-state index in [1.165, 1.54) is 0 Å². The molecule has 1 aliphatic carbocycles. The topological polar surface area (TPSA) is 86.7 Å². The normalized spacial score (nSPS) is 16.8. The van der Waals surface area contributed by atoms with Gasteiger partial charge in [-0.2, -0.15) is 0 Å². The van der Waals surface area contributed by atoms with Crippen LogP contribution < -0.4 is 0 Å². The molecule has 1 fully saturated rings. The van der Waals surface area contributed by atoms with Crippen LogP contribution in [0.4, 0.5) is 0 Å². The summed E-state index contributed by atoms with van der Waals surface area (Å²) in [6.07, 6.45) is 1.61. The minimum Gasteiger partial charge on any atom is -0.457 e. The molecule has 1 aliphatic rings. The summed E-state index contributed by atoms with van der Waals surface area (Å²) in [5.74, 6) is -1.57. The first kappa shape index (κ1) is 21.4. The Morgan fingerprint density at radius 3 is 2.26 bits per heavy atom. The van der Waals surface area contributed by atoms with Crippen LogP contribution in [0.5, 0.6) is 0 Å². The minimum absolute atomic E-state index is 0.151. The molecular weight excluding hydrogens is 368 g/mol. The van der Waals surface area contributed by atoms with E-state index in [0.29, 0.717) is 18.4 Å². The zero-order valence-corrected chi connectivity index (χ0v) is 17.4. The van der Waals surface area contributed by atoms with Crippen molar-refractivity contribution in [1.82, 2.24) is 0 Å². The Kier molecular flexibility index (Phi) is 6.04. The average Bonchev–Trinajstić information content (AvgIpc) is 3.04. The lowest BCUT2D eigenvalue weighted by Crippen LogP contribution is -2.46. The van der Waals surface area contributed by atoms with Crippen LogP contribution in [-0.4, -0.2) is 37.3 Å². The molecule has 0 atom stereocenters. The summed E-state index contributed by atoms with van der Waals surface area (Å²) in [7, 11) is -3.96. The molecule has 7 heteroatoms. The molecule has 0 radical (unpaired) electrons. The van der Waals surface area contributed by atoms with E-state index in [2.05, 4.69) is 0 Å². The van der Waals surface area contributed by atoms with E-state index in [1.54, 1.807) is 46.8 Å². The second kappa shape index (κ2) is 7.62. The summed E-state index contributed by atoms with van der Waals surface area (Å²) in [5.41, 5.74) is 0.681. The van der Waals surface area contributed by atoms with Crippen molar-refractivity contribution >= 4 is 21.8 Å². The predicted octanol–water partition coefficient (Wildman–Crippen LogP) is 3.27. The molecule has 1 aromatic carbocycles. The van der Waals surface area contributed by atoms with E-state index >= 15 is 0 Å². The van der Waals surface area contributed by atoms with Crippen LogP contribution in [0.15, 0.2) is 23.1 Å². The van der Waals surface area contributed by atoms with Gasteiger partial charge in [0.15, 0.2) is 21.2 Å². The SMILES string of the molecule is Cc1ccc(C)c(S(=O)(=O)C2(C(=O)OCC(=O)OC(C)(C)C)CCCC2)c1. The van der Waals surface area contributed by atoms with Crippen LogP contribution in [-0.2, 0) is 28.9 Å². The fraction of sp³-hybridized carbons (Fsp3) is 0.600. The second-order valence-electron chi connectivity index (χ2n) is 8.14. The van der Waals surface area contributed by atoms with E-state index in [1.807, 2.05) is 6.07 Å². The Morgan fingerprint density at radius 1 is 1.11 bits per heavy atom. The third-order valence-corrected chi connectivity index (χ3v) is 7.29. The Balaban J connectivity index is 2.30. The predicted molar refractivity (Wildman–Crippen MR) is 101 cm³/mol. The maximum absolute atomic E-state index is 13.4. The van der Waals surface area contributed by atoms with Crippen molar-refractivity contribution in [2.24, 2.45) is 0 Å². The van der Waals surface area contributed by atoms with Crippen molar-refractivity contribution in [3.05, 3.63) is 29.3 Å².